The van der Waals surface area contributed by atoms with Crippen LogP contribution in [0.1, 0.15) is 31.2 Å². The molecule has 4 heteroatoms. The number of nitrogens with one attached hydrogen (secondary N) is 1. The second kappa shape index (κ2) is 6.40. The number of carbonyl (C=O) groups excluding carboxylic acids is 1. The Bertz CT molecular complexity index is 383. The lowest BCUT2D eigenvalue weighted by Gasteiger charge is -2.09. The van der Waals surface area contributed by atoms with Gasteiger partial charge in [0.25, 0.3) is 0 Å². The third kappa shape index (κ3) is 4.04. The Labute approximate surface area is 107 Å². The van der Waals surface area contributed by atoms with Crippen LogP contribution in [-0.2, 0) is 16.1 Å². The number of phenolic OH excluding ortho intramolecular Hbond substituents is 1. The van der Waals surface area contributed by atoms with Crippen LogP contribution >= 0.6 is 0 Å². The molecule has 0 aromatic heterocycles. The molecule has 1 aliphatic rings. The predicted octanol–water partition coefficient (Wildman–Crippen LogP) is 1.97. The molecule has 0 aliphatic carbocycles. The fourth-order valence-electron chi connectivity index (χ4n) is 2.07. The van der Waals surface area contributed by atoms with Crippen LogP contribution in [0.5, 0.6) is 5.75 Å². The van der Waals surface area contributed by atoms with Crippen molar-refractivity contribution in [3.05, 3.63) is 29.8 Å². The first-order valence-corrected chi connectivity index (χ1v) is 6.40. The van der Waals surface area contributed by atoms with Crippen molar-refractivity contribution in [1.82, 2.24) is 5.32 Å². The van der Waals surface area contributed by atoms with Crippen LogP contribution in [0.3, 0.4) is 0 Å². The SMILES string of the molecule is O=C(CCC1CCCO1)NCc1ccc(O)cc1. The number of aromatic hydroxyl groups is 1. The Kier molecular flexibility index (Phi) is 4.59. The van der Waals surface area contributed by atoms with E-state index in [-0.39, 0.29) is 17.8 Å². The summed E-state index contributed by atoms with van der Waals surface area (Å²) >= 11 is 0. The molecule has 1 aliphatic heterocycles. The van der Waals surface area contributed by atoms with E-state index in [1.165, 1.54) is 0 Å². The molecule has 4 nitrogen and oxygen atoms in total. The molecular weight excluding hydrogens is 230 g/mol. The zero-order valence-electron chi connectivity index (χ0n) is 10.4. The maximum Gasteiger partial charge on any atom is 0.220 e. The smallest absolute Gasteiger partial charge is 0.220 e. The summed E-state index contributed by atoms with van der Waals surface area (Å²) in [4.78, 5) is 11.6. The van der Waals surface area contributed by atoms with Gasteiger partial charge in [-0.2, -0.15) is 0 Å². The Morgan fingerprint density at radius 2 is 2.17 bits per heavy atom. The van der Waals surface area contributed by atoms with Gasteiger partial charge >= 0.3 is 0 Å². The van der Waals surface area contributed by atoms with E-state index in [4.69, 9.17) is 9.84 Å². The molecule has 98 valence electrons. The molecule has 1 atom stereocenters. The molecule has 1 amide bonds. The average molecular weight is 249 g/mol. The molecule has 0 saturated carbocycles. The third-order valence-corrected chi connectivity index (χ3v) is 3.14. The lowest BCUT2D eigenvalue weighted by Crippen LogP contribution is -2.23. The van der Waals surface area contributed by atoms with Crippen LogP contribution in [0.4, 0.5) is 0 Å². The minimum Gasteiger partial charge on any atom is -0.508 e. The van der Waals surface area contributed by atoms with Gasteiger partial charge in [0.1, 0.15) is 5.75 Å². The van der Waals surface area contributed by atoms with E-state index in [2.05, 4.69) is 5.32 Å². The second-order valence-electron chi connectivity index (χ2n) is 4.62. The highest BCUT2D eigenvalue weighted by Crippen LogP contribution is 2.16. The first-order valence-electron chi connectivity index (χ1n) is 6.40. The fraction of sp³-hybridized carbons (Fsp3) is 0.500. The van der Waals surface area contributed by atoms with E-state index in [1.54, 1.807) is 24.3 Å². The standard InChI is InChI=1S/C14H19NO3/c16-12-5-3-11(4-6-12)10-15-14(17)8-7-13-2-1-9-18-13/h3-6,13,16H,1-2,7-10H2,(H,15,17). The number of hydrogen-bond acceptors (Lipinski definition) is 3. The lowest BCUT2D eigenvalue weighted by atomic mass is 10.1. The minimum atomic E-state index is 0.0542. The molecule has 0 spiro atoms. The largest absolute Gasteiger partial charge is 0.508 e. The topological polar surface area (TPSA) is 58.6 Å². The molecule has 0 radical (unpaired) electrons. The Hall–Kier alpha value is -1.55. The van der Waals surface area contributed by atoms with Crippen molar-refractivity contribution in [1.29, 1.82) is 0 Å². The van der Waals surface area contributed by atoms with E-state index in [0.717, 1.165) is 31.4 Å². The van der Waals surface area contributed by atoms with E-state index >= 15 is 0 Å². The van der Waals surface area contributed by atoms with Gasteiger partial charge in [-0.05, 0) is 37.0 Å². The van der Waals surface area contributed by atoms with Crippen LogP contribution < -0.4 is 5.32 Å². The van der Waals surface area contributed by atoms with Gasteiger partial charge in [-0.3, -0.25) is 4.79 Å². The van der Waals surface area contributed by atoms with E-state index in [1.807, 2.05) is 0 Å². The van der Waals surface area contributed by atoms with Crippen molar-refractivity contribution in [3.63, 3.8) is 0 Å². The maximum atomic E-state index is 11.6. The van der Waals surface area contributed by atoms with Crippen molar-refractivity contribution in [2.75, 3.05) is 6.61 Å². The molecule has 2 N–H and O–H groups in total. The molecule has 2 rings (SSSR count). The predicted molar refractivity (Wildman–Crippen MR) is 68.2 cm³/mol. The molecule has 0 bridgehead atoms. The lowest BCUT2D eigenvalue weighted by molar-refractivity contribution is -0.121. The Morgan fingerprint density at radius 3 is 2.83 bits per heavy atom. The summed E-state index contributed by atoms with van der Waals surface area (Å²) < 4.78 is 5.47. The molecule has 1 unspecified atom stereocenters. The number of amides is 1. The summed E-state index contributed by atoms with van der Waals surface area (Å²) in [5.74, 6) is 0.294. The molecule has 1 aromatic rings. The highest BCUT2D eigenvalue weighted by Gasteiger charge is 2.16. The van der Waals surface area contributed by atoms with Gasteiger partial charge < -0.3 is 15.2 Å². The minimum absolute atomic E-state index is 0.0542. The van der Waals surface area contributed by atoms with Gasteiger partial charge in [0.15, 0.2) is 0 Å². The summed E-state index contributed by atoms with van der Waals surface area (Å²) in [5, 5.41) is 12.0. The van der Waals surface area contributed by atoms with Crippen LogP contribution in [0.25, 0.3) is 0 Å². The van der Waals surface area contributed by atoms with Crippen molar-refractivity contribution >= 4 is 5.91 Å². The average Bonchev–Trinajstić information content (AvgIpc) is 2.89. The summed E-state index contributed by atoms with van der Waals surface area (Å²) in [5.41, 5.74) is 0.985. The van der Waals surface area contributed by atoms with Crippen LogP contribution in [-0.4, -0.2) is 23.7 Å². The Morgan fingerprint density at radius 1 is 1.39 bits per heavy atom. The number of ether oxygens (including phenoxy) is 1. The first kappa shape index (κ1) is 12.9. The highest BCUT2D eigenvalue weighted by atomic mass is 16.5. The molecule has 1 heterocycles. The zero-order chi connectivity index (χ0) is 12.8. The Balaban J connectivity index is 1.66. The fourth-order valence-corrected chi connectivity index (χ4v) is 2.07. The van der Waals surface area contributed by atoms with E-state index in [9.17, 15) is 4.79 Å². The summed E-state index contributed by atoms with van der Waals surface area (Å²) in [6.07, 6.45) is 3.78. The number of hydrogen-bond donors (Lipinski definition) is 2. The van der Waals surface area contributed by atoms with Gasteiger partial charge in [0.2, 0.25) is 5.91 Å². The zero-order valence-corrected chi connectivity index (χ0v) is 10.4. The van der Waals surface area contributed by atoms with Gasteiger partial charge in [-0.15, -0.1) is 0 Å². The molecular formula is C14H19NO3. The summed E-state index contributed by atoms with van der Waals surface area (Å²) in [6.45, 7) is 1.34. The molecule has 1 aromatic carbocycles. The normalized spacial score (nSPS) is 18.8. The molecule has 1 saturated heterocycles. The highest BCUT2D eigenvalue weighted by molar-refractivity contribution is 5.75. The van der Waals surface area contributed by atoms with Gasteiger partial charge in [-0.25, -0.2) is 0 Å². The quantitative estimate of drug-likeness (QED) is 0.838. The number of benzene rings is 1. The van der Waals surface area contributed by atoms with Crippen molar-refractivity contribution in [2.24, 2.45) is 0 Å². The van der Waals surface area contributed by atoms with E-state index in [0.29, 0.717) is 13.0 Å². The van der Waals surface area contributed by atoms with Crippen molar-refractivity contribution < 1.29 is 14.6 Å². The monoisotopic (exact) mass is 249 g/mol. The van der Waals surface area contributed by atoms with Gasteiger partial charge in [-0.1, -0.05) is 12.1 Å². The maximum absolute atomic E-state index is 11.6. The van der Waals surface area contributed by atoms with Gasteiger partial charge in [0, 0.05) is 19.6 Å². The number of carbonyl (C=O) groups is 1. The molecule has 18 heavy (non-hydrogen) atoms. The van der Waals surface area contributed by atoms with Crippen LogP contribution in [0.15, 0.2) is 24.3 Å². The van der Waals surface area contributed by atoms with Crippen molar-refractivity contribution in [3.8, 4) is 5.75 Å². The second-order valence-corrected chi connectivity index (χ2v) is 4.62. The van der Waals surface area contributed by atoms with Crippen LogP contribution in [0.2, 0.25) is 0 Å². The third-order valence-electron chi connectivity index (χ3n) is 3.14. The molecule has 1 fully saturated rings. The van der Waals surface area contributed by atoms with Crippen molar-refractivity contribution in [2.45, 2.75) is 38.3 Å². The summed E-state index contributed by atoms with van der Waals surface area (Å²) in [7, 11) is 0. The first-order chi connectivity index (χ1) is 8.74. The van der Waals surface area contributed by atoms with Crippen LogP contribution in [0, 0.1) is 0 Å². The van der Waals surface area contributed by atoms with E-state index < -0.39 is 0 Å². The summed E-state index contributed by atoms with van der Waals surface area (Å²) in [6, 6.07) is 6.84. The van der Waals surface area contributed by atoms with Gasteiger partial charge in [0.05, 0.1) is 6.10 Å². The number of phenols is 1. The number of rotatable bonds is 5.